The van der Waals surface area contributed by atoms with Crippen LogP contribution in [0.1, 0.15) is 29.0 Å². The highest BCUT2D eigenvalue weighted by Crippen LogP contribution is 2.21. The van der Waals surface area contributed by atoms with Gasteiger partial charge in [-0.05, 0) is 24.1 Å². The summed E-state index contributed by atoms with van der Waals surface area (Å²) in [6, 6.07) is 6.21. The summed E-state index contributed by atoms with van der Waals surface area (Å²) < 4.78 is 0. The summed E-state index contributed by atoms with van der Waals surface area (Å²) in [5, 5.41) is 6.03. The minimum Gasteiger partial charge on any atom is -0.377 e. The van der Waals surface area contributed by atoms with E-state index in [0.29, 0.717) is 13.1 Å². The molecule has 1 atom stereocenters. The van der Waals surface area contributed by atoms with Gasteiger partial charge in [-0.3, -0.25) is 0 Å². The highest BCUT2D eigenvalue weighted by atomic mass is 32.1. The molecule has 2 rings (SSSR count). The Balaban J connectivity index is 1.93. The van der Waals surface area contributed by atoms with E-state index in [2.05, 4.69) is 47.2 Å². The fourth-order valence-electron chi connectivity index (χ4n) is 2.60. The van der Waals surface area contributed by atoms with E-state index in [1.165, 1.54) is 5.56 Å². The lowest BCUT2D eigenvalue weighted by Crippen LogP contribution is -2.39. The Hall–Kier alpha value is -2.08. The van der Waals surface area contributed by atoms with Crippen LogP contribution in [0, 0.1) is 6.92 Å². The summed E-state index contributed by atoms with van der Waals surface area (Å²) in [5.41, 5.74) is 3.46. The van der Waals surface area contributed by atoms with Crippen molar-refractivity contribution in [2.45, 2.75) is 26.3 Å². The van der Waals surface area contributed by atoms with E-state index < -0.39 is 0 Å². The molecule has 0 bridgehead atoms. The van der Waals surface area contributed by atoms with Crippen LogP contribution in [0.5, 0.6) is 0 Å². The number of carbonyl (C=O) groups excluding carboxylic acids is 1. The maximum absolute atomic E-state index is 12.4. The van der Waals surface area contributed by atoms with E-state index in [9.17, 15) is 4.79 Å². The Kier molecular flexibility index (Phi) is 6.20. The number of hydrogen-bond donors (Lipinski definition) is 1. The Morgan fingerprint density at radius 3 is 2.71 bits per heavy atom. The first-order chi connectivity index (χ1) is 11.4. The zero-order chi connectivity index (χ0) is 17.7. The van der Waals surface area contributed by atoms with Crippen LogP contribution in [0.3, 0.4) is 0 Å². The first kappa shape index (κ1) is 18.3. The Bertz CT molecular complexity index is 670. The van der Waals surface area contributed by atoms with E-state index >= 15 is 0 Å². The molecule has 1 aromatic carbocycles. The smallest absolute Gasteiger partial charge is 0.317 e. The second kappa shape index (κ2) is 8.15. The number of amides is 2. The molecule has 0 spiro atoms. The third-order valence-electron chi connectivity index (χ3n) is 3.92. The number of benzene rings is 1. The number of likely N-dealkylation sites (N-methyl/N-ethyl adjacent to an activating group) is 1. The molecule has 0 unspecified atom stereocenters. The highest BCUT2D eigenvalue weighted by molar-refractivity contribution is 7.09. The zero-order valence-corrected chi connectivity index (χ0v) is 15.9. The molecule has 0 aliphatic rings. The van der Waals surface area contributed by atoms with Crippen LogP contribution in [0.15, 0.2) is 29.8 Å². The summed E-state index contributed by atoms with van der Waals surface area (Å²) in [6.45, 7) is 5.33. The molecule has 1 N–H and O–H groups in total. The van der Waals surface area contributed by atoms with Crippen LogP contribution >= 0.6 is 11.3 Å². The number of urea groups is 1. The fourth-order valence-corrected chi connectivity index (χ4v) is 3.28. The SMILES string of the molecule is Cc1ccc(CNC(=O)N(C)C[C@H](C)c2nccs2)c(N(C)C)c1. The van der Waals surface area contributed by atoms with Crippen LogP contribution in [0.4, 0.5) is 10.5 Å². The molecule has 0 saturated heterocycles. The second-order valence-electron chi connectivity index (χ2n) is 6.34. The first-order valence-corrected chi connectivity index (χ1v) is 8.91. The minimum absolute atomic E-state index is 0.0660. The number of nitrogens with zero attached hydrogens (tertiary/aromatic N) is 3. The van der Waals surface area contributed by atoms with Gasteiger partial charge in [-0.15, -0.1) is 11.3 Å². The molecule has 0 aliphatic carbocycles. The number of thiazole rings is 1. The van der Waals surface area contributed by atoms with Gasteiger partial charge in [0.2, 0.25) is 0 Å². The molecule has 1 aromatic heterocycles. The highest BCUT2D eigenvalue weighted by Gasteiger charge is 2.15. The maximum atomic E-state index is 12.4. The average Bonchev–Trinajstić information content (AvgIpc) is 3.07. The average molecular weight is 347 g/mol. The second-order valence-corrected chi connectivity index (χ2v) is 7.26. The van der Waals surface area contributed by atoms with Gasteiger partial charge in [-0.2, -0.15) is 0 Å². The summed E-state index contributed by atoms with van der Waals surface area (Å²) in [6.07, 6.45) is 1.80. The molecule has 0 radical (unpaired) electrons. The number of anilines is 1. The number of nitrogens with one attached hydrogen (secondary N) is 1. The Labute approximate surface area is 148 Å². The summed E-state index contributed by atoms with van der Waals surface area (Å²) in [4.78, 5) is 20.5. The molecule has 2 aromatic rings. The largest absolute Gasteiger partial charge is 0.377 e. The Morgan fingerprint density at radius 1 is 1.33 bits per heavy atom. The summed E-state index contributed by atoms with van der Waals surface area (Å²) >= 11 is 1.63. The van der Waals surface area contributed by atoms with Crippen LogP contribution in [-0.2, 0) is 6.54 Å². The van der Waals surface area contributed by atoms with Gasteiger partial charge in [0.1, 0.15) is 0 Å². The van der Waals surface area contributed by atoms with E-state index in [1.54, 1.807) is 22.4 Å². The molecular formula is C18H26N4OS. The van der Waals surface area contributed by atoms with Crippen LogP contribution in [0.25, 0.3) is 0 Å². The van der Waals surface area contributed by atoms with Crippen molar-refractivity contribution < 1.29 is 4.79 Å². The minimum atomic E-state index is -0.0660. The first-order valence-electron chi connectivity index (χ1n) is 8.03. The standard InChI is InChI=1S/C18H26N4OS/c1-13-6-7-15(16(10-13)21(3)4)11-20-18(23)22(5)12-14(2)17-19-8-9-24-17/h6-10,14H,11-12H2,1-5H3,(H,20,23)/t14-/m0/s1. The predicted molar refractivity (Wildman–Crippen MR) is 101 cm³/mol. The van der Waals surface area contributed by atoms with E-state index in [4.69, 9.17) is 0 Å². The number of aromatic nitrogens is 1. The molecule has 130 valence electrons. The molecule has 6 heteroatoms. The lowest BCUT2D eigenvalue weighted by molar-refractivity contribution is 0.206. The number of aryl methyl sites for hydroxylation is 1. The van der Waals surface area contributed by atoms with Gasteiger partial charge >= 0.3 is 6.03 Å². The van der Waals surface area contributed by atoms with Gasteiger partial charge in [-0.25, -0.2) is 9.78 Å². The van der Waals surface area contributed by atoms with Crippen molar-refractivity contribution in [2.24, 2.45) is 0 Å². The summed E-state index contributed by atoms with van der Waals surface area (Å²) in [7, 11) is 5.85. The molecule has 0 aliphatic heterocycles. The molecular weight excluding hydrogens is 320 g/mol. The third kappa shape index (κ3) is 4.71. The van der Waals surface area contributed by atoms with Crippen molar-refractivity contribution >= 4 is 23.1 Å². The van der Waals surface area contributed by atoms with E-state index in [1.807, 2.05) is 26.5 Å². The fraction of sp³-hybridized carbons (Fsp3) is 0.444. The van der Waals surface area contributed by atoms with Crippen molar-refractivity contribution in [3.63, 3.8) is 0 Å². The van der Waals surface area contributed by atoms with Gasteiger partial charge in [0, 0.05) is 57.4 Å². The molecule has 24 heavy (non-hydrogen) atoms. The van der Waals surface area contributed by atoms with Crippen molar-refractivity contribution in [1.82, 2.24) is 15.2 Å². The molecule has 0 fully saturated rings. The predicted octanol–water partition coefficient (Wildman–Crippen LogP) is 3.46. The lowest BCUT2D eigenvalue weighted by atomic mass is 10.1. The number of carbonyl (C=O) groups is 1. The van der Waals surface area contributed by atoms with Crippen LogP contribution in [-0.4, -0.2) is 43.6 Å². The normalized spacial score (nSPS) is 11.9. The Morgan fingerprint density at radius 2 is 2.08 bits per heavy atom. The van der Waals surface area contributed by atoms with Crippen LogP contribution in [0.2, 0.25) is 0 Å². The zero-order valence-electron chi connectivity index (χ0n) is 15.0. The monoisotopic (exact) mass is 346 g/mol. The van der Waals surface area contributed by atoms with Gasteiger partial charge < -0.3 is 15.1 Å². The van der Waals surface area contributed by atoms with Gasteiger partial charge in [0.05, 0.1) is 5.01 Å². The van der Waals surface area contributed by atoms with Gasteiger partial charge in [0.25, 0.3) is 0 Å². The summed E-state index contributed by atoms with van der Waals surface area (Å²) in [5.74, 6) is 0.234. The number of rotatable bonds is 6. The third-order valence-corrected chi connectivity index (χ3v) is 4.93. The maximum Gasteiger partial charge on any atom is 0.317 e. The molecule has 0 saturated carbocycles. The van der Waals surface area contributed by atoms with Crippen LogP contribution < -0.4 is 10.2 Å². The van der Waals surface area contributed by atoms with Gasteiger partial charge in [-0.1, -0.05) is 19.1 Å². The molecule has 1 heterocycles. The van der Waals surface area contributed by atoms with E-state index in [0.717, 1.165) is 16.3 Å². The van der Waals surface area contributed by atoms with Gasteiger partial charge in [0.15, 0.2) is 0 Å². The van der Waals surface area contributed by atoms with E-state index in [-0.39, 0.29) is 11.9 Å². The quantitative estimate of drug-likeness (QED) is 0.871. The van der Waals surface area contributed by atoms with Crippen molar-refractivity contribution in [2.75, 3.05) is 32.6 Å². The lowest BCUT2D eigenvalue weighted by Gasteiger charge is -2.22. The molecule has 2 amide bonds. The number of hydrogen-bond acceptors (Lipinski definition) is 4. The topological polar surface area (TPSA) is 48.5 Å². The molecule has 5 nitrogen and oxygen atoms in total. The van der Waals surface area contributed by atoms with Crippen molar-refractivity contribution in [3.05, 3.63) is 45.9 Å². The van der Waals surface area contributed by atoms with Crippen molar-refractivity contribution in [1.29, 1.82) is 0 Å². The van der Waals surface area contributed by atoms with Crippen molar-refractivity contribution in [3.8, 4) is 0 Å².